The van der Waals surface area contributed by atoms with Gasteiger partial charge in [0.15, 0.2) is 5.13 Å². The summed E-state index contributed by atoms with van der Waals surface area (Å²) >= 11 is 1.49. The molecular formula is C18H20FN5OS. The molecule has 1 amide bonds. The molecule has 6 nitrogen and oxygen atoms in total. The smallest absolute Gasteiger partial charge is 0.274 e. The number of rotatable bonds is 3. The van der Waals surface area contributed by atoms with Gasteiger partial charge in [-0.2, -0.15) is 5.10 Å². The molecule has 8 heteroatoms. The summed E-state index contributed by atoms with van der Waals surface area (Å²) in [7, 11) is 0. The van der Waals surface area contributed by atoms with Crippen LogP contribution in [-0.2, 0) is 0 Å². The second-order valence-corrected chi connectivity index (χ2v) is 7.65. The van der Waals surface area contributed by atoms with E-state index < -0.39 is 0 Å². The Morgan fingerprint density at radius 3 is 2.62 bits per heavy atom. The van der Waals surface area contributed by atoms with E-state index in [1.165, 1.54) is 17.4 Å². The van der Waals surface area contributed by atoms with Crippen molar-refractivity contribution in [3.63, 3.8) is 0 Å². The molecule has 3 aromatic rings. The van der Waals surface area contributed by atoms with E-state index in [1.807, 2.05) is 31.0 Å². The van der Waals surface area contributed by atoms with Crippen LogP contribution < -0.4 is 4.90 Å². The first-order valence-corrected chi connectivity index (χ1v) is 9.49. The zero-order valence-electron chi connectivity index (χ0n) is 14.7. The lowest BCUT2D eigenvalue weighted by molar-refractivity contribution is 0.0739. The monoisotopic (exact) mass is 373 g/mol. The van der Waals surface area contributed by atoms with Gasteiger partial charge in [-0.05, 0) is 32.0 Å². The average Bonchev–Trinajstić information content (AvgIpc) is 3.29. The topological polar surface area (TPSA) is 54.3 Å². The van der Waals surface area contributed by atoms with Gasteiger partial charge in [-0.15, -0.1) is 0 Å². The molecule has 0 unspecified atom stereocenters. The third kappa shape index (κ3) is 3.05. The second kappa shape index (κ2) is 6.68. The van der Waals surface area contributed by atoms with Crippen molar-refractivity contribution in [2.75, 3.05) is 31.1 Å². The molecule has 2 aromatic heterocycles. The van der Waals surface area contributed by atoms with Crippen molar-refractivity contribution in [3.8, 4) is 0 Å². The van der Waals surface area contributed by atoms with Gasteiger partial charge in [0, 0.05) is 38.4 Å². The lowest BCUT2D eigenvalue weighted by atomic mass is 10.3. The first-order valence-electron chi connectivity index (χ1n) is 8.67. The van der Waals surface area contributed by atoms with Crippen molar-refractivity contribution in [2.45, 2.75) is 19.9 Å². The highest BCUT2D eigenvalue weighted by atomic mass is 32.1. The molecule has 0 atom stereocenters. The van der Waals surface area contributed by atoms with E-state index in [-0.39, 0.29) is 17.8 Å². The van der Waals surface area contributed by atoms with Gasteiger partial charge in [0.2, 0.25) is 0 Å². The molecule has 0 saturated carbocycles. The number of hydrogen-bond donors (Lipinski definition) is 0. The Balaban J connectivity index is 1.44. The van der Waals surface area contributed by atoms with Gasteiger partial charge in [0.1, 0.15) is 17.0 Å². The maximum Gasteiger partial charge on any atom is 0.274 e. The molecule has 1 saturated heterocycles. The van der Waals surface area contributed by atoms with Crippen LogP contribution in [0.15, 0.2) is 30.5 Å². The van der Waals surface area contributed by atoms with Gasteiger partial charge in [-0.1, -0.05) is 17.4 Å². The largest absolute Gasteiger partial charge is 0.345 e. The zero-order valence-corrected chi connectivity index (χ0v) is 15.5. The molecule has 1 aliphatic heterocycles. The molecule has 0 aliphatic carbocycles. The van der Waals surface area contributed by atoms with Crippen LogP contribution in [0.1, 0.15) is 30.4 Å². The lowest BCUT2D eigenvalue weighted by Crippen LogP contribution is -2.48. The maximum absolute atomic E-state index is 13.8. The Morgan fingerprint density at radius 1 is 1.19 bits per heavy atom. The number of nitrogens with zero attached hydrogens (tertiary/aromatic N) is 5. The van der Waals surface area contributed by atoms with Crippen molar-refractivity contribution < 1.29 is 9.18 Å². The van der Waals surface area contributed by atoms with Gasteiger partial charge in [0.25, 0.3) is 5.91 Å². The number of piperazine rings is 1. The number of thiazole rings is 1. The molecule has 3 heterocycles. The Labute approximate surface area is 154 Å². The molecule has 1 fully saturated rings. The molecule has 0 radical (unpaired) electrons. The highest BCUT2D eigenvalue weighted by molar-refractivity contribution is 7.22. The van der Waals surface area contributed by atoms with Crippen LogP contribution in [0.5, 0.6) is 0 Å². The molecule has 0 spiro atoms. The van der Waals surface area contributed by atoms with Crippen LogP contribution in [0, 0.1) is 5.82 Å². The fourth-order valence-corrected chi connectivity index (χ4v) is 4.07. The molecule has 1 aromatic carbocycles. The van der Waals surface area contributed by atoms with Gasteiger partial charge < -0.3 is 9.80 Å². The van der Waals surface area contributed by atoms with Crippen LogP contribution >= 0.6 is 11.3 Å². The first kappa shape index (κ1) is 17.0. The van der Waals surface area contributed by atoms with Gasteiger partial charge in [-0.3, -0.25) is 9.48 Å². The van der Waals surface area contributed by atoms with E-state index in [9.17, 15) is 9.18 Å². The minimum absolute atomic E-state index is 0.0422. The third-order valence-corrected chi connectivity index (χ3v) is 5.63. The Hall–Kier alpha value is -2.48. The fourth-order valence-electron chi connectivity index (χ4n) is 3.04. The minimum atomic E-state index is -0.292. The summed E-state index contributed by atoms with van der Waals surface area (Å²) in [6, 6.07) is 7.01. The Kier molecular flexibility index (Phi) is 4.36. The highest BCUT2D eigenvalue weighted by Gasteiger charge is 2.25. The highest BCUT2D eigenvalue weighted by Crippen LogP contribution is 2.30. The van der Waals surface area contributed by atoms with Crippen LogP contribution in [0.25, 0.3) is 10.2 Å². The quantitative estimate of drug-likeness (QED) is 0.708. The molecular weight excluding hydrogens is 353 g/mol. The number of halogens is 1. The number of carbonyl (C=O) groups is 1. The normalized spacial score (nSPS) is 15.2. The molecule has 4 rings (SSSR count). The predicted octanol–water partition coefficient (Wildman–Crippen LogP) is 3.18. The number of aromatic nitrogens is 3. The summed E-state index contributed by atoms with van der Waals surface area (Å²) in [5, 5.41) is 5.17. The van der Waals surface area contributed by atoms with Crippen molar-refractivity contribution in [3.05, 3.63) is 42.0 Å². The fraction of sp³-hybridized carbons (Fsp3) is 0.389. The van der Waals surface area contributed by atoms with Crippen molar-refractivity contribution in [2.24, 2.45) is 0 Å². The van der Waals surface area contributed by atoms with Crippen LogP contribution in [0.3, 0.4) is 0 Å². The first-order chi connectivity index (χ1) is 12.5. The number of amides is 1. The number of carbonyl (C=O) groups excluding carboxylic acids is 1. The van der Waals surface area contributed by atoms with E-state index in [1.54, 1.807) is 16.8 Å². The molecule has 0 bridgehead atoms. The van der Waals surface area contributed by atoms with Crippen LogP contribution in [0.4, 0.5) is 9.52 Å². The molecule has 1 aliphatic rings. The second-order valence-electron chi connectivity index (χ2n) is 6.64. The lowest BCUT2D eigenvalue weighted by Gasteiger charge is -2.34. The summed E-state index contributed by atoms with van der Waals surface area (Å²) < 4.78 is 16.5. The molecule has 136 valence electrons. The number of hydrogen-bond acceptors (Lipinski definition) is 5. The van der Waals surface area contributed by atoms with E-state index in [0.717, 1.165) is 9.83 Å². The zero-order chi connectivity index (χ0) is 18.3. The number of anilines is 1. The predicted molar refractivity (Wildman–Crippen MR) is 100 cm³/mol. The van der Waals surface area contributed by atoms with Gasteiger partial charge >= 0.3 is 0 Å². The summed E-state index contributed by atoms with van der Waals surface area (Å²) in [5.74, 6) is -0.334. The van der Waals surface area contributed by atoms with E-state index >= 15 is 0 Å². The molecule has 26 heavy (non-hydrogen) atoms. The minimum Gasteiger partial charge on any atom is -0.345 e. The summed E-state index contributed by atoms with van der Waals surface area (Å²) in [6.07, 6.45) is 1.84. The third-order valence-electron chi connectivity index (χ3n) is 4.55. The van der Waals surface area contributed by atoms with Crippen molar-refractivity contribution in [1.82, 2.24) is 19.7 Å². The molecule has 0 N–H and O–H groups in total. The number of fused-ring (bicyclic) bond motifs is 1. The van der Waals surface area contributed by atoms with Crippen LogP contribution in [0.2, 0.25) is 0 Å². The van der Waals surface area contributed by atoms with E-state index in [0.29, 0.717) is 37.4 Å². The van der Waals surface area contributed by atoms with Gasteiger partial charge in [0.05, 0.1) is 4.70 Å². The summed E-state index contributed by atoms with van der Waals surface area (Å²) in [5.41, 5.74) is 0.902. The van der Waals surface area contributed by atoms with E-state index in [2.05, 4.69) is 15.0 Å². The van der Waals surface area contributed by atoms with Crippen LogP contribution in [-0.4, -0.2) is 51.8 Å². The Bertz CT molecular complexity index is 942. The Morgan fingerprint density at radius 2 is 1.96 bits per heavy atom. The van der Waals surface area contributed by atoms with Crippen molar-refractivity contribution in [1.29, 1.82) is 0 Å². The SMILES string of the molecule is CC(C)n1ccc(C(=O)N2CCN(c3nc4c(F)cccc4s3)CC2)n1. The van der Waals surface area contributed by atoms with Gasteiger partial charge in [-0.25, -0.2) is 9.37 Å². The summed E-state index contributed by atoms with van der Waals surface area (Å²) in [4.78, 5) is 21.0. The number of para-hydroxylation sites is 1. The van der Waals surface area contributed by atoms with E-state index in [4.69, 9.17) is 0 Å². The maximum atomic E-state index is 13.8. The summed E-state index contributed by atoms with van der Waals surface area (Å²) in [6.45, 7) is 6.62. The number of benzene rings is 1. The average molecular weight is 373 g/mol. The standard InChI is InChI=1S/C18H20FN5OS/c1-12(2)24-7-6-14(21-24)17(25)22-8-10-23(11-9-22)18-20-16-13(19)4-3-5-15(16)26-18/h3-7,12H,8-11H2,1-2H3. The van der Waals surface area contributed by atoms with Crippen molar-refractivity contribution >= 4 is 32.6 Å².